The molecule has 0 fully saturated rings. The normalized spacial score (nSPS) is 10.5. The summed E-state index contributed by atoms with van der Waals surface area (Å²) < 4.78 is 9.95. The van der Waals surface area contributed by atoms with Crippen LogP contribution >= 0.6 is 0 Å². The number of amides is 2. The first-order valence-electron chi connectivity index (χ1n) is 9.10. The Bertz CT molecular complexity index is 785. The number of hydrogen-bond acceptors (Lipinski definition) is 5. The fourth-order valence-corrected chi connectivity index (χ4v) is 2.57. The Kier molecular flexibility index (Phi) is 7.40. The van der Waals surface area contributed by atoms with Crippen molar-refractivity contribution in [1.29, 1.82) is 0 Å². The van der Waals surface area contributed by atoms with E-state index in [-0.39, 0.29) is 18.3 Å². The molecule has 0 saturated heterocycles. The van der Waals surface area contributed by atoms with E-state index >= 15 is 0 Å². The second kappa shape index (κ2) is 9.75. The molecule has 2 rings (SSSR count). The number of unbranched alkanes of at least 4 members (excludes halogenated alkanes) is 2. The van der Waals surface area contributed by atoms with Crippen molar-refractivity contribution in [1.82, 2.24) is 9.88 Å². The molecule has 146 valence electrons. The lowest BCUT2D eigenvalue weighted by atomic mass is 10.1. The summed E-state index contributed by atoms with van der Waals surface area (Å²) in [4.78, 5) is 30.0. The van der Waals surface area contributed by atoms with Gasteiger partial charge in [0.05, 0.1) is 13.7 Å². The van der Waals surface area contributed by atoms with Crippen LogP contribution < -0.4 is 5.32 Å². The van der Waals surface area contributed by atoms with E-state index in [9.17, 15) is 9.59 Å². The van der Waals surface area contributed by atoms with E-state index in [1.807, 2.05) is 32.0 Å². The lowest BCUT2D eigenvalue weighted by Gasteiger charge is -2.22. The average Bonchev–Trinajstić information content (AvgIpc) is 3.12. The van der Waals surface area contributed by atoms with Gasteiger partial charge in [-0.3, -0.25) is 0 Å². The topological polar surface area (TPSA) is 84.7 Å². The molecule has 0 radical (unpaired) electrons. The number of nitrogens with zero attached hydrogens (tertiary/aromatic N) is 2. The van der Waals surface area contributed by atoms with Gasteiger partial charge < -0.3 is 19.4 Å². The van der Waals surface area contributed by atoms with Gasteiger partial charge in [0.25, 0.3) is 0 Å². The summed E-state index contributed by atoms with van der Waals surface area (Å²) >= 11 is 0. The molecular weight excluding hydrogens is 346 g/mol. The number of anilines is 1. The number of aryl methyl sites for hydroxylation is 2. The van der Waals surface area contributed by atoms with Crippen molar-refractivity contribution in [3.05, 3.63) is 47.2 Å². The van der Waals surface area contributed by atoms with Gasteiger partial charge in [0.1, 0.15) is 6.26 Å². The minimum atomic E-state index is -0.567. The fraction of sp³-hybridized carbons (Fsp3) is 0.450. The first kappa shape index (κ1) is 20.5. The zero-order valence-corrected chi connectivity index (χ0v) is 16.4. The summed E-state index contributed by atoms with van der Waals surface area (Å²) in [5.74, 6) is -0.274. The molecule has 0 saturated carbocycles. The van der Waals surface area contributed by atoms with Crippen molar-refractivity contribution in [3.8, 4) is 0 Å². The highest BCUT2D eigenvalue weighted by atomic mass is 16.5. The Morgan fingerprint density at radius 1 is 1.22 bits per heavy atom. The smallest absolute Gasteiger partial charge is 0.360 e. The van der Waals surface area contributed by atoms with Gasteiger partial charge in [-0.05, 0) is 43.5 Å². The van der Waals surface area contributed by atoms with Crippen LogP contribution in [-0.4, -0.2) is 35.5 Å². The Hall–Kier alpha value is -2.83. The van der Waals surface area contributed by atoms with Crippen LogP contribution in [0.1, 0.15) is 53.7 Å². The van der Waals surface area contributed by atoms with Gasteiger partial charge in [-0.25, -0.2) is 14.6 Å². The molecule has 0 aliphatic heterocycles. The van der Waals surface area contributed by atoms with Crippen LogP contribution in [0, 0.1) is 13.8 Å². The summed E-state index contributed by atoms with van der Waals surface area (Å²) in [6, 6.07) is 5.57. The maximum Gasteiger partial charge on any atom is 0.360 e. The van der Waals surface area contributed by atoms with Crippen LogP contribution in [0.4, 0.5) is 10.5 Å². The number of urea groups is 1. The number of esters is 1. The molecule has 27 heavy (non-hydrogen) atoms. The molecule has 7 nitrogen and oxygen atoms in total. The number of carbonyl (C=O) groups excluding carboxylic acids is 2. The molecule has 1 N–H and O–H groups in total. The minimum absolute atomic E-state index is 0.0931. The largest absolute Gasteiger partial charge is 0.464 e. The lowest BCUT2D eigenvalue weighted by molar-refractivity contribution is 0.0594. The number of aromatic nitrogens is 1. The number of nitrogens with one attached hydrogen (secondary N) is 1. The van der Waals surface area contributed by atoms with Gasteiger partial charge in [-0.15, -0.1) is 0 Å². The summed E-state index contributed by atoms with van der Waals surface area (Å²) in [6.07, 6.45) is 4.19. The van der Waals surface area contributed by atoms with Gasteiger partial charge in [-0.1, -0.05) is 25.8 Å². The summed E-state index contributed by atoms with van der Waals surface area (Å²) in [5, 5.41) is 2.92. The Morgan fingerprint density at radius 3 is 2.67 bits per heavy atom. The first-order valence-corrected chi connectivity index (χ1v) is 9.10. The third kappa shape index (κ3) is 5.84. The Morgan fingerprint density at radius 2 is 2.00 bits per heavy atom. The molecule has 1 aromatic heterocycles. The number of ether oxygens (including phenoxy) is 1. The van der Waals surface area contributed by atoms with Crippen LogP contribution in [0.5, 0.6) is 0 Å². The molecule has 0 aliphatic rings. The van der Waals surface area contributed by atoms with Crippen LogP contribution in [0.15, 0.2) is 28.9 Å². The van der Waals surface area contributed by atoms with Crippen molar-refractivity contribution in [2.75, 3.05) is 19.0 Å². The molecule has 0 bridgehead atoms. The van der Waals surface area contributed by atoms with E-state index in [1.165, 1.54) is 18.9 Å². The summed E-state index contributed by atoms with van der Waals surface area (Å²) in [7, 11) is 1.28. The van der Waals surface area contributed by atoms with E-state index in [1.54, 1.807) is 4.90 Å². The van der Waals surface area contributed by atoms with Gasteiger partial charge in [0.15, 0.2) is 5.69 Å². The molecule has 2 aromatic rings. The first-order chi connectivity index (χ1) is 12.9. The molecule has 0 aliphatic carbocycles. The summed E-state index contributed by atoms with van der Waals surface area (Å²) in [6.45, 7) is 6.89. The third-order valence-electron chi connectivity index (χ3n) is 4.35. The highest BCUT2D eigenvalue weighted by Gasteiger charge is 2.19. The SMILES string of the molecule is CCCCCN(Cc1nc(C(=O)OC)co1)C(=O)Nc1ccc(C)c(C)c1. The van der Waals surface area contributed by atoms with E-state index in [0.29, 0.717) is 12.4 Å². The number of benzene rings is 1. The molecule has 2 amide bonds. The van der Waals surface area contributed by atoms with E-state index < -0.39 is 5.97 Å². The number of hydrogen-bond donors (Lipinski definition) is 1. The molecule has 0 atom stereocenters. The van der Waals surface area contributed by atoms with Crippen molar-refractivity contribution >= 4 is 17.7 Å². The molecule has 1 heterocycles. The minimum Gasteiger partial charge on any atom is -0.464 e. The highest BCUT2D eigenvalue weighted by molar-refractivity contribution is 5.89. The Labute approximate surface area is 159 Å². The van der Waals surface area contributed by atoms with Crippen LogP contribution in [0.2, 0.25) is 0 Å². The van der Waals surface area contributed by atoms with Gasteiger partial charge >= 0.3 is 12.0 Å². The van der Waals surface area contributed by atoms with Crippen LogP contribution in [0.3, 0.4) is 0 Å². The molecular formula is C20H27N3O4. The average molecular weight is 373 g/mol. The fourth-order valence-electron chi connectivity index (χ4n) is 2.57. The predicted octanol–water partition coefficient (Wildman–Crippen LogP) is 4.30. The Balaban J connectivity index is 2.09. The number of carbonyl (C=O) groups is 2. The standard InChI is InChI=1S/C20H27N3O4/c1-5-6-7-10-23(12-18-22-17(13-27-18)19(24)26-4)20(25)21-16-9-8-14(2)15(3)11-16/h8-9,11,13H,5-7,10,12H2,1-4H3,(H,21,25). The van der Waals surface area contributed by atoms with E-state index in [0.717, 1.165) is 30.5 Å². The van der Waals surface area contributed by atoms with Gasteiger partial charge in [0.2, 0.25) is 5.89 Å². The van der Waals surface area contributed by atoms with Crippen LogP contribution in [0.25, 0.3) is 0 Å². The van der Waals surface area contributed by atoms with E-state index in [2.05, 4.69) is 22.0 Å². The summed E-state index contributed by atoms with van der Waals surface area (Å²) in [5.41, 5.74) is 3.12. The van der Waals surface area contributed by atoms with Crippen LogP contribution in [-0.2, 0) is 11.3 Å². The third-order valence-corrected chi connectivity index (χ3v) is 4.35. The molecule has 1 aromatic carbocycles. The number of methoxy groups -OCH3 is 1. The maximum atomic E-state index is 12.8. The van der Waals surface area contributed by atoms with E-state index in [4.69, 9.17) is 4.42 Å². The van der Waals surface area contributed by atoms with Crippen molar-refractivity contribution in [2.45, 2.75) is 46.6 Å². The van der Waals surface area contributed by atoms with Crippen molar-refractivity contribution in [3.63, 3.8) is 0 Å². The van der Waals surface area contributed by atoms with Gasteiger partial charge in [-0.2, -0.15) is 0 Å². The van der Waals surface area contributed by atoms with Crippen molar-refractivity contribution < 1.29 is 18.7 Å². The lowest BCUT2D eigenvalue weighted by Crippen LogP contribution is -2.35. The predicted molar refractivity (Wildman–Crippen MR) is 103 cm³/mol. The molecule has 0 unspecified atom stereocenters. The van der Waals surface area contributed by atoms with Gasteiger partial charge in [0, 0.05) is 12.2 Å². The van der Waals surface area contributed by atoms with Crippen molar-refractivity contribution in [2.24, 2.45) is 0 Å². The number of oxazole rings is 1. The maximum absolute atomic E-state index is 12.8. The second-order valence-electron chi connectivity index (χ2n) is 6.48. The molecule has 7 heteroatoms. The highest BCUT2D eigenvalue weighted by Crippen LogP contribution is 2.16. The monoisotopic (exact) mass is 373 g/mol. The number of rotatable bonds is 8. The second-order valence-corrected chi connectivity index (χ2v) is 6.48. The zero-order chi connectivity index (χ0) is 19.8. The quantitative estimate of drug-likeness (QED) is 0.551. The zero-order valence-electron chi connectivity index (χ0n) is 16.4. The molecule has 0 spiro atoms.